The van der Waals surface area contributed by atoms with Crippen molar-refractivity contribution in [3.63, 3.8) is 0 Å². The Balaban J connectivity index is 2.39. The first-order valence-corrected chi connectivity index (χ1v) is 8.35. The molecule has 24 heavy (non-hydrogen) atoms. The molecule has 7 heteroatoms. The molecule has 0 bridgehead atoms. The fraction of sp³-hybridized carbons (Fsp3) is 0.588. The minimum absolute atomic E-state index is 0.301. The van der Waals surface area contributed by atoms with Crippen molar-refractivity contribution in [3.8, 4) is 0 Å². The summed E-state index contributed by atoms with van der Waals surface area (Å²) in [6, 6.07) is -0.301. The van der Waals surface area contributed by atoms with Crippen molar-refractivity contribution < 1.29 is 23.9 Å². The summed E-state index contributed by atoms with van der Waals surface area (Å²) in [5.41, 5.74) is 0. The Morgan fingerprint density at radius 3 is 1.71 bits per heavy atom. The van der Waals surface area contributed by atoms with Crippen LogP contribution in [-0.2, 0) is 19.1 Å². The minimum atomic E-state index is -0.468. The van der Waals surface area contributed by atoms with Crippen LogP contribution in [0.1, 0.15) is 39.5 Å². The largest absolute Gasteiger partial charge is 0.462 e. The number of rotatable bonds is 10. The third-order valence-electron chi connectivity index (χ3n) is 3.34. The molecule has 1 aliphatic heterocycles. The summed E-state index contributed by atoms with van der Waals surface area (Å²) in [5.74, 6) is -0.936. The van der Waals surface area contributed by atoms with Crippen molar-refractivity contribution in [1.29, 1.82) is 0 Å². The third-order valence-corrected chi connectivity index (χ3v) is 3.34. The summed E-state index contributed by atoms with van der Waals surface area (Å²) in [7, 11) is 0. The molecule has 0 N–H and O–H groups in total. The monoisotopic (exact) mass is 338 g/mol. The maximum Gasteiger partial charge on any atom is 0.332 e. The lowest BCUT2D eigenvalue weighted by atomic mass is 10.4. The maximum atomic E-state index is 12.1. The van der Waals surface area contributed by atoms with E-state index in [1.165, 1.54) is 34.4 Å². The van der Waals surface area contributed by atoms with Gasteiger partial charge in [0, 0.05) is 37.6 Å². The SMILES string of the molecule is CCCCOC(=O)/C=C/N1CCN(/C=C/C(=O)OCCCC)C1=O. The Bertz CT molecular complexity index is 445. The van der Waals surface area contributed by atoms with E-state index in [-0.39, 0.29) is 6.03 Å². The first-order valence-electron chi connectivity index (χ1n) is 8.35. The van der Waals surface area contributed by atoms with Gasteiger partial charge in [-0.3, -0.25) is 9.80 Å². The van der Waals surface area contributed by atoms with E-state index in [2.05, 4.69) is 0 Å². The number of nitrogens with zero attached hydrogens (tertiary/aromatic N) is 2. The lowest BCUT2D eigenvalue weighted by Crippen LogP contribution is -2.25. The summed E-state index contributed by atoms with van der Waals surface area (Å²) in [6.07, 6.45) is 8.81. The van der Waals surface area contributed by atoms with Gasteiger partial charge in [0.15, 0.2) is 0 Å². The van der Waals surface area contributed by atoms with Crippen LogP contribution in [-0.4, -0.2) is 54.1 Å². The van der Waals surface area contributed by atoms with Crippen LogP contribution in [0, 0.1) is 0 Å². The summed E-state index contributed by atoms with van der Waals surface area (Å²) < 4.78 is 9.96. The number of hydrogen-bond donors (Lipinski definition) is 0. The zero-order chi connectivity index (χ0) is 17.8. The number of unbranched alkanes of at least 4 members (excludes halogenated alkanes) is 2. The molecule has 0 aromatic heterocycles. The average Bonchev–Trinajstić information content (AvgIpc) is 2.91. The second kappa shape index (κ2) is 11.3. The molecule has 1 saturated heterocycles. The first kappa shape index (κ1) is 19.7. The number of esters is 2. The highest BCUT2D eigenvalue weighted by molar-refractivity contribution is 5.85. The number of hydrogen-bond acceptors (Lipinski definition) is 5. The molecule has 0 radical (unpaired) electrons. The number of carbonyl (C=O) groups is 3. The topological polar surface area (TPSA) is 76.2 Å². The molecule has 1 aliphatic rings. The number of carbonyl (C=O) groups excluding carboxylic acids is 3. The second-order valence-electron chi connectivity index (χ2n) is 5.34. The summed E-state index contributed by atoms with van der Waals surface area (Å²) in [5, 5.41) is 0. The van der Waals surface area contributed by atoms with Crippen molar-refractivity contribution in [1.82, 2.24) is 9.80 Å². The third kappa shape index (κ3) is 7.30. The molecule has 0 aliphatic carbocycles. The lowest BCUT2D eigenvalue weighted by molar-refractivity contribution is -0.138. The Labute approximate surface area is 142 Å². The van der Waals surface area contributed by atoms with Crippen molar-refractivity contribution in [2.75, 3.05) is 26.3 Å². The lowest BCUT2D eigenvalue weighted by Gasteiger charge is -2.11. The van der Waals surface area contributed by atoms with Gasteiger partial charge < -0.3 is 9.47 Å². The molecule has 2 amide bonds. The zero-order valence-corrected chi connectivity index (χ0v) is 14.4. The predicted octanol–water partition coefficient (Wildman–Crippen LogP) is 2.44. The molecule has 1 fully saturated rings. The molecule has 134 valence electrons. The predicted molar refractivity (Wildman–Crippen MR) is 88.8 cm³/mol. The van der Waals surface area contributed by atoms with E-state index in [4.69, 9.17) is 9.47 Å². The number of urea groups is 1. The molecule has 1 heterocycles. The first-order chi connectivity index (χ1) is 11.6. The van der Waals surface area contributed by atoms with Crippen molar-refractivity contribution in [2.24, 2.45) is 0 Å². The fourth-order valence-electron chi connectivity index (χ4n) is 1.88. The van der Waals surface area contributed by atoms with Crippen LogP contribution in [0.4, 0.5) is 4.79 Å². The van der Waals surface area contributed by atoms with Gasteiger partial charge in [-0.25, -0.2) is 14.4 Å². The standard InChI is InChI=1S/C17H26N2O5/c1-3-5-13-23-15(20)7-9-18-11-12-19(17(18)22)10-8-16(21)24-14-6-4-2/h7-10H,3-6,11-14H2,1-2H3/b9-7+,10-8+. The Kier molecular flexibility index (Phi) is 9.26. The van der Waals surface area contributed by atoms with Crippen LogP contribution in [0.5, 0.6) is 0 Å². The van der Waals surface area contributed by atoms with Gasteiger partial charge in [0.25, 0.3) is 0 Å². The van der Waals surface area contributed by atoms with E-state index in [0.29, 0.717) is 26.3 Å². The molecule has 0 spiro atoms. The molecule has 0 saturated carbocycles. The van der Waals surface area contributed by atoms with E-state index >= 15 is 0 Å². The molecule has 0 aromatic rings. The average molecular weight is 338 g/mol. The molecular formula is C17H26N2O5. The van der Waals surface area contributed by atoms with E-state index in [0.717, 1.165) is 25.7 Å². The zero-order valence-electron chi connectivity index (χ0n) is 14.4. The highest BCUT2D eigenvalue weighted by Crippen LogP contribution is 2.10. The van der Waals surface area contributed by atoms with Crippen LogP contribution in [0.2, 0.25) is 0 Å². The van der Waals surface area contributed by atoms with Crippen LogP contribution >= 0.6 is 0 Å². The number of amides is 2. The molecule has 1 rings (SSSR count). The van der Waals surface area contributed by atoms with E-state index in [1.54, 1.807) is 0 Å². The summed E-state index contributed by atoms with van der Waals surface area (Å²) in [6.45, 7) is 5.65. The number of ether oxygens (including phenoxy) is 2. The van der Waals surface area contributed by atoms with Crippen molar-refractivity contribution in [3.05, 3.63) is 24.6 Å². The maximum absolute atomic E-state index is 12.1. The van der Waals surface area contributed by atoms with Crippen molar-refractivity contribution in [2.45, 2.75) is 39.5 Å². The minimum Gasteiger partial charge on any atom is -0.462 e. The van der Waals surface area contributed by atoms with E-state index in [9.17, 15) is 14.4 Å². The van der Waals surface area contributed by atoms with Gasteiger partial charge >= 0.3 is 18.0 Å². The quantitative estimate of drug-likeness (QED) is 0.347. The normalized spacial score (nSPS) is 14.8. The summed E-state index contributed by atoms with van der Waals surface area (Å²) >= 11 is 0. The highest BCUT2D eigenvalue weighted by atomic mass is 16.5. The smallest absolute Gasteiger partial charge is 0.332 e. The van der Waals surface area contributed by atoms with Gasteiger partial charge in [-0.05, 0) is 12.8 Å². The second-order valence-corrected chi connectivity index (χ2v) is 5.34. The Morgan fingerprint density at radius 2 is 1.33 bits per heavy atom. The van der Waals surface area contributed by atoms with Crippen LogP contribution in [0.25, 0.3) is 0 Å². The van der Waals surface area contributed by atoms with Gasteiger partial charge in [-0.1, -0.05) is 26.7 Å². The van der Waals surface area contributed by atoms with Gasteiger partial charge in [0.1, 0.15) is 0 Å². The van der Waals surface area contributed by atoms with Crippen LogP contribution in [0.15, 0.2) is 24.6 Å². The Hall–Kier alpha value is -2.31. The fourth-order valence-corrected chi connectivity index (χ4v) is 1.88. The summed E-state index contributed by atoms with van der Waals surface area (Å²) in [4.78, 5) is 37.8. The van der Waals surface area contributed by atoms with Crippen LogP contribution in [0.3, 0.4) is 0 Å². The van der Waals surface area contributed by atoms with Gasteiger partial charge in [0.05, 0.1) is 13.2 Å². The molecule has 0 atom stereocenters. The van der Waals surface area contributed by atoms with Gasteiger partial charge in [-0.2, -0.15) is 0 Å². The Morgan fingerprint density at radius 1 is 0.917 bits per heavy atom. The molecular weight excluding hydrogens is 312 g/mol. The molecule has 0 unspecified atom stereocenters. The van der Waals surface area contributed by atoms with Gasteiger partial charge in [0.2, 0.25) is 0 Å². The van der Waals surface area contributed by atoms with Gasteiger partial charge in [-0.15, -0.1) is 0 Å². The van der Waals surface area contributed by atoms with Crippen molar-refractivity contribution >= 4 is 18.0 Å². The van der Waals surface area contributed by atoms with Crippen LogP contribution < -0.4 is 0 Å². The molecule has 7 nitrogen and oxygen atoms in total. The molecule has 0 aromatic carbocycles. The van der Waals surface area contributed by atoms with E-state index < -0.39 is 11.9 Å². The van der Waals surface area contributed by atoms with E-state index in [1.807, 2.05) is 13.8 Å². The highest BCUT2D eigenvalue weighted by Gasteiger charge is 2.25.